The molecule has 0 heterocycles. The van der Waals surface area contributed by atoms with Gasteiger partial charge >= 0.3 is 5.97 Å². The van der Waals surface area contributed by atoms with Crippen LogP contribution in [0, 0.1) is 0 Å². The van der Waals surface area contributed by atoms with Gasteiger partial charge < -0.3 is 10.2 Å². The SMILES string of the molecule is O=C(O)[C@@H](NP)c1ccc(O)cc1. The highest BCUT2D eigenvalue weighted by Gasteiger charge is 2.16. The lowest BCUT2D eigenvalue weighted by molar-refractivity contribution is -0.139. The number of aromatic hydroxyl groups is 1. The predicted octanol–water partition coefficient (Wildman–Crippen LogP) is 0.898. The van der Waals surface area contributed by atoms with Crippen LogP contribution < -0.4 is 5.09 Å². The molecule has 70 valence electrons. The zero-order valence-corrected chi connectivity index (χ0v) is 7.92. The first kappa shape index (κ1) is 9.96. The first-order chi connectivity index (χ1) is 6.15. The summed E-state index contributed by atoms with van der Waals surface area (Å²) in [5.74, 6) is -0.836. The number of carboxylic acid groups (broad SMARTS) is 1. The summed E-state index contributed by atoms with van der Waals surface area (Å²) in [7, 11) is 2.15. The van der Waals surface area contributed by atoms with E-state index in [9.17, 15) is 4.79 Å². The maximum absolute atomic E-state index is 10.7. The second kappa shape index (κ2) is 4.21. The van der Waals surface area contributed by atoms with Crippen molar-refractivity contribution in [2.75, 3.05) is 0 Å². The molecular formula is C8H10NO3P. The van der Waals surface area contributed by atoms with Crippen molar-refractivity contribution < 1.29 is 15.0 Å². The zero-order chi connectivity index (χ0) is 9.84. The van der Waals surface area contributed by atoms with Crippen LogP contribution in [-0.2, 0) is 4.79 Å². The summed E-state index contributed by atoms with van der Waals surface area (Å²) in [6, 6.07) is 5.27. The Morgan fingerprint density at radius 2 is 1.92 bits per heavy atom. The maximum Gasteiger partial charge on any atom is 0.325 e. The number of phenols is 1. The van der Waals surface area contributed by atoms with Crippen molar-refractivity contribution >= 4 is 15.4 Å². The highest BCUT2D eigenvalue weighted by atomic mass is 31.0. The number of carboxylic acids is 1. The Bertz CT molecular complexity index is 299. The lowest BCUT2D eigenvalue weighted by Crippen LogP contribution is -2.20. The fourth-order valence-electron chi connectivity index (χ4n) is 0.977. The summed E-state index contributed by atoms with van der Waals surface area (Å²) in [6.07, 6.45) is 0. The largest absolute Gasteiger partial charge is 0.508 e. The fourth-order valence-corrected chi connectivity index (χ4v) is 1.31. The topological polar surface area (TPSA) is 69.6 Å². The molecule has 1 unspecified atom stereocenters. The number of rotatable bonds is 3. The summed E-state index contributed by atoms with van der Waals surface area (Å²) >= 11 is 0. The number of hydrogen-bond acceptors (Lipinski definition) is 3. The van der Waals surface area contributed by atoms with Gasteiger partial charge in [0.2, 0.25) is 0 Å². The van der Waals surface area contributed by atoms with E-state index in [0.29, 0.717) is 5.56 Å². The molecular weight excluding hydrogens is 189 g/mol. The van der Waals surface area contributed by atoms with Crippen molar-refractivity contribution in [3.05, 3.63) is 29.8 Å². The molecule has 3 N–H and O–H groups in total. The van der Waals surface area contributed by atoms with E-state index in [-0.39, 0.29) is 5.75 Å². The van der Waals surface area contributed by atoms with Crippen LogP contribution in [0.1, 0.15) is 11.6 Å². The molecule has 0 spiro atoms. The van der Waals surface area contributed by atoms with E-state index in [0.717, 1.165) is 0 Å². The van der Waals surface area contributed by atoms with Gasteiger partial charge in [-0.15, -0.1) is 0 Å². The van der Waals surface area contributed by atoms with Gasteiger partial charge in [0.25, 0.3) is 0 Å². The molecule has 0 aliphatic heterocycles. The normalized spacial score (nSPS) is 12.4. The first-order valence-corrected chi connectivity index (χ1v) is 4.20. The van der Waals surface area contributed by atoms with Gasteiger partial charge in [-0.2, -0.15) is 0 Å². The van der Waals surface area contributed by atoms with E-state index >= 15 is 0 Å². The highest BCUT2D eigenvalue weighted by molar-refractivity contribution is 7.13. The highest BCUT2D eigenvalue weighted by Crippen LogP contribution is 2.17. The molecule has 4 nitrogen and oxygen atoms in total. The summed E-state index contributed by atoms with van der Waals surface area (Å²) in [6.45, 7) is 0. The van der Waals surface area contributed by atoms with Crippen LogP contribution >= 0.6 is 9.39 Å². The summed E-state index contributed by atoms with van der Waals surface area (Å²) < 4.78 is 0. The fraction of sp³-hybridized carbons (Fsp3) is 0.125. The van der Waals surface area contributed by atoms with Crippen molar-refractivity contribution in [1.82, 2.24) is 5.09 Å². The Morgan fingerprint density at radius 3 is 2.31 bits per heavy atom. The van der Waals surface area contributed by atoms with Crippen LogP contribution in [0.2, 0.25) is 0 Å². The number of aliphatic carboxylic acids is 1. The molecule has 0 amide bonds. The minimum Gasteiger partial charge on any atom is -0.508 e. The number of hydrogen-bond donors (Lipinski definition) is 3. The standard InChI is InChI=1S/C8H10NO3P/c10-6-3-1-5(2-4-6)7(9-13)8(11)12/h1-4,7,9-10H,13H2,(H,11,12)/t7-/m0/s1. The number of benzene rings is 1. The van der Waals surface area contributed by atoms with Crippen LogP contribution in [0.25, 0.3) is 0 Å². The summed E-state index contributed by atoms with van der Waals surface area (Å²) in [5.41, 5.74) is 0.598. The van der Waals surface area contributed by atoms with Gasteiger partial charge in [-0.1, -0.05) is 21.5 Å². The Morgan fingerprint density at radius 1 is 1.38 bits per heavy atom. The molecule has 0 fully saturated rings. The maximum atomic E-state index is 10.7. The van der Waals surface area contributed by atoms with Gasteiger partial charge in [0.1, 0.15) is 11.8 Å². The average molecular weight is 199 g/mol. The van der Waals surface area contributed by atoms with Crippen LogP contribution in [0.15, 0.2) is 24.3 Å². The van der Waals surface area contributed by atoms with E-state index in [2.05, 4.69) is 14.5 Å². The third-order valence-corrected chi connectivity index (χ3v) is 1.97. The number of nitrogens with one attached hydrogen (secondary N) is 1. The smallest absolute Gasteiger partial charge is 0.325 e. The van der Waals surface area contributed by atoms with Gasteiger partial charge in [0.05, 0.1) is 0 Å². The van der Waals surface area contributed by atoms with Crippen LogP contribution in [-0.4, -0.2) is 16.2 Å². The van der Waals surface area contributed by atoms with Crippen molar-refractivity contribution in [1.29, 1.82) is 0 Å². The second-order valence-electron chi connectivity index (χ2n) is 2.53. The average Bonchev–Trinajstić information content (AvgIpc) is 2.09. The zero-order valence-electron chi connectivity index (χ0n) is 6.77. The van der Waals surface area contributed by atoms with Gasteiger partial charge in [-0.25, -0.2) is 0 Å². The molecule has 0 aliphatic rings. The quantitative estimate of drug-likeness (QED) is 0.632. The van der Waals surface area contributed by atoms with E-state index in [1.807, 2.05) is 0 Å². The van der Waals surface area contributed by atoms with Crippen LogP contribution in [0.5, 0.6) is 5.75 Å². The third kappa shape index (κ3) is 2.41. The van der Waals surface area contributed by atoms with Gasteiger partial charge in [0, 0.05) is 0 Å². The molecule has 1 aromatic carbocycles. The van der Waals surface area contributed by atoms with Crippen LogP contribution in [0.4, 0.5) is 0 Å². The summed E-state index contributed by atoms with van der Waals surface area (Å²) in [5, 5.41) is 20.3. The first-order valence-electron chi connectivity index (χ1n) is 3.63. The van der Waals surface area contributed by atoms with Crippen molar-refractivity contribution in [3.63, 3.8) is 0 Å². The van der Waals surface area contributed by atoms with Crippen molar-refractivity contribution in [2.24, 2.45) is 0 Å². The van der Waals surface area contributed by atoms with Crippen molar-refractivity contribution in [3.8, 4) is 5.75 Å². The van der Waals surface area contributed by atoms with Crippen molar-refractivity contribution in [2.45, 2.75) is 6.04 Å². The van der Waals surface area contributed by atoms with Gasteiger partial charge in [-0.05, 0) is 17.7 Å². The molecule has 0 bridgehead atoms. The Labute approximate surface area is 77.8 Å². The minimum absolute atomic E-state index is 0.122. The molecule has 13 heavy (non-hydrogen) atoms. The molecule has 0 saturated carbocycles. The molecule has 0 aromatic heterocycles. The lowest BCUT2D eigenvalue weighted by Gasteiger charge is -2.10. The Balaban J connectivity index is 2.92. The molecule has 0 radical (unpaired) electrons. The molecule has 2 atom stereocenters. The van der Waals surface area contributed by atoms with E-state index < -0.39 is 12.0 Å². The third-order valence-electron chi connectivity index (χ3n) is 1.64. The van der Waals surface area contributed by atoms with E-state index in [4.69, 9.17) is 10.2 Å². The van der Waals surface area contributed by atoms with E-state index in [1.165, 1.54) is 12.1 Å². The Hall–Kier alpha value is -1.12. The minimum atomic E-state index is -0.958. The monoisotopic (exact) mass is 199 g/mol. The second-order valence-corrected chi connectivity index (χ2v) is 2.86. The Kier molecular flexibility index (Phi) is 3.23. The molecule has 1 rings (SSSR count). The van der Waals surface area contributed by atoms with Gasteiger partial charge in [0.15, 0.2) is 0 Å². The lowest BCUT2D eigenvalue weighted by atomic mass is 10.1. The molecule has 1 aromatic rings. The predicted molar refractivity (Wildman–Crippen MR) is 51.3 cm³/mol. The number of phenolic OH excluding ortho intramolecular Hbond substituents is 1. The molecule has 0 aliphatic carbocycles. The van der Waals surface area contributed by atoms with Gasteiger partial charge in [-0.3, -0.25) is 9.88 Å². The van der Waals surface area contributed by atoms with E-state index in [1.54, 1.807) is 12.1 Å². The summed E-state index contributed by atoms with van der Waals surface area (Å²) in [4.78, 5) is 10.7. The molecule has 0 saturated heterocycles. The molecule has 5 heteroatoms. The number of carbonyl (C=O) groups is 1. The van der Waals surface area contributed by atoms with Crippen LogP contribution in [0.3, 0.4) is 0 Å².